The van der Waals surface area contributed by atoms with Crippen molar-refractivity contribution in [3.63, 3.8) is 0 Å². The van der Waals surface area contributed by atoms with Crippen molar-refractivity contribution in [1.29, 1.82) is 0 Å². The molecule has 34 heavy (non-hydrogen) atoms. The summed E-state index contributed by atoms with van der Waals surface area (Å²) in [7, 11) is 4.77. The van der Waals surface area contributed by atoms with Gasteiger partial charge in [0.15, 0.2) is 28.6 Å². The van der Waals surface area contributed by atoms with Crippen molar-refractivity contribution in [1.82, 2.24) is 14.8 Å². The van der Waals surface area contributed by atoms with Crippen molar-refractivity contribution in [2.45, 2.75) is 13.3 Å². The molecule has 2 aromatic heterocycles. The summed E-state index contributed by atoms with van der Waals surface area (Å²) in [4.78, 5) is 5.12. The van der Waals surface area contributed by atoms with Crippen LogP contribution in [0.25, 0.3) is 38.8 Å². The average molecular weight is 456 g/mol. The van der Waals surface area contributed by atoms with Crippen LogP contribution < -0.4 is 14.2 Å². The number of phenolic OH excluding ortho intramolecular Hbond substituents is 1. The van der Waals surface area contributed by atoms with Crippen LogP contribution in [-0.2, 0) is 6.42 Å². The van der Waals surface area contributed by atoms with E-state index < -0.39 is 0 Å². The molecule has 1 N–H and O–H groups in total. The lowest BCUT2D eigenvalue weighted by Crippen LogP contribution is -1.99. The smallest absolute Gasteiger partial charge is 0.164 e. The molecule has 2 heterocycles. The van der Waals surface area contributed by atoms with Crippen LogP contribution in [0.3, 0.4) is 0 Å². The first-order valence-corrected chi connectivity index (χ1v) is 11.0. The topological polar surface area (TPSA) is 78.6 Å². The van der Waals surface area contributed by atoms with Crippen molar-refractivity contribution >= 4 is 21.8 Å². The summed E-state index contributed by atoms with van der Waals surface area (Å²) in [5.74, 6) is 1.68. The molecule has 0 unspecified atom stereocenters. The van der Waals surface area contributed by atoms with Gasteiger partial charge in [-0.15, -0.1) is 0 Å². The second-order valence-corrected chi connectivity index (χ2v) is 7.85. The molecule has 3 aromatic carbocycles. The summed E-state index contributed by atoms with van der Waals surface area (Å²) in [5.41, 5.74) is 4.13. The number of pyridine rings is 1. The van der Waals surface area contributed by atoms with E-state index in [1.165, 1.54) is 7.11 Å². The predicted octanol–water partition coefficient (Wildman–Crippen LogP) is 5.53. The number of aromatic hydroxyl groups is 1. The lowest BCUT2D eigenvalue weighted by molar-refractivity contribution is 0.356. The number of benzene rings is 3. The number of rotatable bonds is 6. The minimum Gasteiger partial charge on any atom is -0.504 e. The molecule has 5 rings (SSSR count). The molecule has 0 saturated heterocycles. The standard InChI is InChI=1S/C27H25N3O4/c1-5-20-25-18-14-23(33-3)24(34-4)15-19(18)26(16-11-12-21(31)22(13-16)32-2)28-27(25)30(29-20)17-9-7-6-8-10-17/h6-15,31H,5H2,1-4H3. The van der Waals surface area contributed by atoms with Crippen molar-refractivity contribution in [3.05, 3.63) is 66.4 Å². The second-order valence-electron chi connectivity index (χ2n) is 7.85. The molecule has 5 aromatic rings. The van der Waals surface area contributed by atoms with E-state index in [9.17, 15) is 5.11 Å². The van der Waals surface area contributed by atoms with Crippen LogP contribution in [0, 0.1) is 0 Å². The Morgan fingerprint density at radius 2 is 1.50 bits per heavy atom. The Morgan fingerprint density at radius 1 is 0.824 bits per heavy atom. The molecule has 0 aliphatic rings. The fourth-order valence-corrected chi connectivity index (χ4v) is 4.32. The molecule has 0 spiro atoms. The van der Waals surface area contributed by atoms with Crippen LogP contribution in [-0.4, -0.2) is 41.2 Å². The molecule has 7 nitrogen and oxygen atoms in total. The number of aryl methyl sites for hydroxylation is 1. The monoisotopic (exact) mass is 455 g/mol. The number of hydrogen-bond donors (Lipinski definition) is 1. The third-order valence-corrected chi connectivity index (χ3v) is 5.99. The summed E-state index contributed by atoms with van der Waals surface area (Å²) >= 11 is 0. The van der Waals surface area contributed by atoms with Crippen molar-refractivity contribution < 1.29 is 19.3 Å². The van der Waals surface area contributed by atoms with E-state index in [4.69, 9.17) is 24.3 Å². The van der Waals surface area contributed by atoms with Crippen LogP contribution in [0.2, 0.25) is 0 Å². The second kappa shape index (κ2) is 8.59. The first-order chi connectivity index (χ1) is 16.6. The maximum Gasteiger partial charge on any atom is 0.164 e. The van der Waals surface area contributed by atoms with E-state index in [1.54, 1.807) is 26.4 Å². The molecule has 0 fully saturated rings. The number of para-hydroxylation sites is 1. The van der Waals surface area contributed by atoms with E-state index in [1.807, 2.05) is 53.2 Å². The van der Waals surface area contributed by atoms with Gasteiger partial charge in [-0.2, -0.15) is 5.10 Å². The largest absolute Gasteiger partial charge is 0.504 e. The summed E-state index contributed by atoms with van der Waals surface area (Å²) < 4.78 is 18.5. The fraction of sp³-hybridized carbons (Fsp3) is 0.185. The molecule has 0 bridgehead atoms. The van der Waals surface area contributed by atoms with Crippen molar-refractivity contribution in [3.8, 4) is 39.9 Å². The van der Waals surface area contributed by atoms with Gasteiger partial charge in [-0.3, -0.25) is 0 Å². The molecular formula is C27H25N3O4. The normalized spacial score (nSPS) is 11.2. The minimum absolute atomic E-state index is 0.0680. The SMILES string of the molecule is CCc1nn(-c2ccccc2)c2nc(-c3ccc(O)c(OC)c3)c3cc(OC)c(OC)cc3c12. The number of aromatic nitrogens is 3. The van der Waals surface area contributed by atoms with Gasteiger partial charge in [0, 0.05) is 16.3 Å². The van der Waals surface area contributed by atoms with Crippen LogP contribution in [0.15, 0.2) is 60.7 Å². The molecule has 0 atom stereocenters. The van der Waals surface area contributed by atoms with Crippen molar-refractivity contribution in [2.24, 2.45) is 0 Å². The number of phenols is 1. The number of hydrogen-bond acceptors (Lipinski definition) is 6. The first-order valence-electron chi connectivity index (χ1n) is 11.0. The number of ether oxygens (including phenoxy) is 3. The summed E-state index contributed by atoms with van der Waals surface area (Å²) in [6.45, 7) is 2.09. The van der Waals surface area contributed by atoms with Gasteiger partial charge in [-0.05, 0) is 48.9 Å². The Bertz CT molecular complexity index is 1510. The zero-order valence-electron chi connectivity index (χ0n) is 19.5. The molecule has 7 heteroatoms. The third kappa shape index (κ3) is 3.37. The van der Waals surface area contributed by atoms with Gasteiger partial charge in [-0.1, -0.05) is 25.1 Å². The number of nitrogens with zero attached hydrogens (tertiary/aromatic N) is 3. The highest BCUT2D eigenvalue weighted by Crippen LogP contribution is 2.42. The summed E-state index contributed by atoms with van der Waals surface area (Å²) in [6.07, 6.45) is 0.744. The maximum absolute atomic E-state index is 10.1. The van der Waals surface area contributed by atoms with E-state index in [0.29, 0.717) is 17.2 Å². The zero-order valence-corrected chi connectivity index (χ0v) is 19.5. The first kappa shape index (κ1) is 21.6. The van der Waals surface area contributed by atoms with Gasteiger partial charge in [0.2, 0.25) is 0 Å². The molecule has 0 aliphatic heterocycles. The zero-order chi connectivity index (χ0) is 23.8. The molecule has 172 valence electrons. The van der Waals surface area contributed by atoms with Gasteiger partial charge in [0.05, 0.1) is 43.8 Å². The quantitative estimate of drug-likeness (QED) is 0.362. The number of methoxy groups -OCH3 is 3. The molecule has 0 aliphatic carbocycles. The predicted molar refractivity (Wildman–Crippen MR) is 133 cm³/mol. The highest BCUT2D eigenvalue weighted by atomic mass is 16.5. The Hall–Kier alpha value is -4.26. The highest BCUT2D eigenvalue weighted by molar-refractivity contribution is 6.12. The fourth-order valence-electron chi connectivity index (χ4n) is 4.32. The van der Waals surface area contributed by atoms with E-state index in [-0.39, 0.29) is 5.75 Å². The molecule has 0 amide bonds. The Labute approximate surface area is 197 Å². The van der Waals surface area contributed by atoms with Crippen LogP contribution in [0.5, 0.6) is 23.0 Å². The van der Waals surface area contributed by atoms with E-state index in [2.05, 4.69) is 6.92 Å². The molecular weight excluding hydrogens is 430 g/mol. The van der Waals surface area contributed by atoms with Gasteiger partial charge in [-0.25, -0.2) is 9.67 Å². The lowest BCUT2D eigenvalue weighted by Gasteiger charge is -2.14. The van der Waals surface area contributed by atoms with Gasteiger partial charge >= 0.3 is 0 Å². The van der Waals surface area contributed by atoms with Gasteiger partial charge in [0.25, 0.3) is 0 Å². The summed E-state index contributed by atoms with van der Waals surface area (Å²) in [6, 6.07) is 19.1. The van der Waals surface area contributed by atoms with Crippen molar-refractivity contribution in [2.75, 3.05) is 21.3 Å². The summed E-state index contributed by atoms with van der Waals surface area (Å²) in [5, 5.41) is 17.9. The molecule has 0 saturated carbocycles. The van der Waals surface area contributed by atoms with Crippen LogP contribution >= 0.6 is 0 Å². The van der Waals surface area contributed by atoms with Crippen LogP contribution in [0.1, 0.15) is 12.6 Å². The van der Waals surface area contributed by atoms with E-state index >= 15 is 0 Å². The maximum atomic E-state index is 10.1. The average Bonchev–Trinajstić information content (AvgIpc) is 3.27. The Morgan fingerprint density at radius 3 is 2.15 bits per heavy atom. The number of fused-ring (bicyclic) bond motifs is 3. The van der Waals surface area contributed by atoms with Crippen LogP contribution in [0.4, 0.5) is 0 Å². The lowest BCUT2D eigenvalue weighted by atomic mass is 9.99. The Balaban J connectivity index is 1.95. The van der Waals surface area contributed by atoms with E-state index in [0.717, 1.165) is 50.9 Å². The molecule has 0 radical (unpaired) electrons. The minimum atomic E-state index is 0.0680. The highest BCUT2D eigenvalue weighted by Gasteiger charge is 2.21. The van der Waals surface area contributed by atoms with Gasteiger partial charge < -0.3 is 19.3 Å². The third-order valence-electron chi connectivity index (χ3n) is 5.99. The Kier molecular flexibility index (Phi) is 5.45. The van der Waals surface area contributed by atoms with Gasteiger partial charge in [0.1, 0.15) is 0 Å².